The molecule has 20 heavy (non-hydrogen) atoms. The number of allylic oxidation sites excluding steroid dienone is 1. The van der Waals surface area contributed by atoms with Gasteiger partial charge in [-0.15, -0.1) is 0 Å². The Morgan fingerprint density at radius 2 is 1.80 bits per heavy atom. The summed E-state index contributed by atoms with van der Waals surface area (Å²) in [5.41, 5.74) is 0.434. The summed E-state index contributed by atoms with van der Waals surface area (Å²) in [5, 5.41) is 0. The van der Waals surface area contributed by atoms with Crippen LogP contribution in [0.15, 0.2) is 11.6 Å². The fourth-order valence-corrected chi connectivity index (χ4v) is 1.41. The molecule has 0 aliphatic carbocycles. The van der Waals surface area contributed by atoms with Crippen LogP contribution >= 0.6 is 0 Å². The van der Waals surface area contributed by atoms with E-state index in [-0.39, 0.29) is 30.6 Å². The van der Waals surface area contributed by atoms with Crippen LogP contribution in [-0.2, 0) is 19.1 Å². The number of carbonyl (C=O) groups excluding carboxylic acids is 2. The molecule has 116 valence electrons. The molecule has 0 heterocycles. The van der Waals surface area contributed by atoms with Crippen LogP contribution in [0.2, 0.25) is 0 Å². The molecule has 0 saturated carbocycles. The maximum Gasteiger partial charge on any atom is 0.337 e. The van der Waals surface area contributed by atoms with E-state index in [0.29, 0.717) is 12.0 Å². The van der Waals surface area contributed by atoms with Crippen molar-refractivity contribution in [2.45, 2.75) is 66.4 Å². The predicted molar refractivity (Wildman–Crippen MR) is 79.3 cm³/mol. The van der Waals surface area contributed by atoms with Crippen molar-refractivity contribution in [1.82, 2.24) is 0 Å². The van der Waals surface area contributed by atoms with Gasteiger partial charge < -0.3 is 9.47 Å². The first-order valence-electron chi connectivity index (χ1n) is 7.46. The van der Waals surface area contributed by atoms with Crippen LogP contribution in [0.4, 0.5) is 0 Å². The van der Waals surface area contributed by atoms with E-state index >= 15 is 0 Å². The summed E-state index contributed by atoms with van der Waals surface area (Å²) in [5.74, 6) is -0.415. The number of rotatable bonds is 9. The van der Waals surface area contributed by atoms with Gasteiger partial charge in [0.05, 0.1) is 11.7 Å². The standard InChI is InChI=1S/C16H28O4/c1-6-8-9-14(16(18)20-13(5)7-2)11-19-15(17)10-12(3)4/h9,12-13H,6-8,10-11H2,1-5H3. The van der Waals surface area contributed by atoms with Crippen LogP contribution in [0.5, 0.6) is 0 Å². The Morgan fingerprint density at radius 1 is 1.15 bits per heavy atom. The molecule has 1 atom stereocenters. The molecule has 0 amide bonds. The molecule has 0 radical (unpaired) electrons. The van der Waals surface area contributed by atoms with Crippen molar-refractivity contribution in [3.8, 4) is 0 Å². The average Bonchev–Trinajstić information content (AvgIpc) is 2.37. The van der Waals surface area contributed by atoms with E-state index in [2.05, 4.69) is 0 Å². The highest BCUT2D eigenvalue weighted by atomic mass is 16.6. The maximum absolute atomic E-state index is 12.0. The summed E-state index contributed by atoms with van der Waals surface area (Å²) in [6, 6.07) is 0. The van der Waals surface area contributed by atoms with Gasteiger partial charge in [0.15, 0.2) is 0 Å². The second-order valence-electron chi connectivity index (χ2n) is 5.40. The first-order chi connectivity index (χ1) is 9.40. The molecule has 1 unspecified atom stereocenters. The van der Waals surface area contributed by atoms with Crippen molar-refractivity contribution in [2.24, 2.45) is 5.92 Å². The lowest BCUT2D eigenvalue weighted by Crippen LogP contribution is -2.20. The highest BCUT2D eigenvalue weighted by Crippen LogP contribution is 2.09. The third-order valence-electron chi connectivity index (χ3n) is 2.79. The molecule has 0 fully saturated rings. The summed E-state index contributed by atoms with van der Waals surface area (Å²) in [7, 11) is 0. The van der Waals surface area contributed by atoms with E-state index in [4.69, 9.17) is 9.47 Å². The molecule has 0 saturated heterocycles. The summed E-state index contributed by atoms with van der Waals surface area (Å²) in [6.45, 7) is 9.73. The molecule has 0 rings (SSSR count). The van der Waals surface area contributed by atoms with E-state index in [0.717, 1.165) is 19.3 Å². The molecule has 0 aliphatic rings. The highest BCUT2D eigenvalue weighted by molar-refractivity contribution is 5.89. The zero-order valence-corrected chi connectivity index (χ0v) is 13.4. The molecule has 0 spiro atoms. The quantitative estimate of drug-likeness (QED) is 0.479. The molecular weight excluding hydrogens is 256 g/mol. The van der Waals surface area contributed by atoms with Gasteiger partial charge >= 0.3 is 11.9 Å². The Balaban J connectivity index is 4.49. The summed E-state index contributed by atoms with van der Waals surface area (Å²) in [4.78, 5) is 23.5. The van der Waals surface area contributed by atoms with Crippen molar-refractivity contribution in [1.29, 1.82) is 0 Å². The number of carbonyl (C=O) groups is 2. The van der Waals surface area contributed by atoms with Gasteiger partial charge in [-0.1, -0.05) is 40.2 Å². The van der Waals surface area contributed by atoms with Gasteiger partial charge in [0.2, 0.25) is 0 Å². The van der Waals surface area contributed by atoms with Crippen LogP contribution in [0.25, 0.3) is 0 Å². The Hall–Kier alpha value is -1.32. The van der Waals surface area contributed by atoms with E-state index in [1.54, 1.807) is 6.08 Å². The Kier molecular flexibility index (Phi) is 9.77. The van der Waals surface area contributed by atoms with Crippen molar-refractivity contribution in [2.75, 3.05) is 6.61 Å². The van der Waals surface area contributed by atoms with Gasteiger partial charge in [-0.05, 0) is 25.7 Å². The predicted octanol–water partition coefficient (Wildman–Crippen LogP) is 3.64. The monoisotopic (exact) mass is 284 g/mol. The fraction of sp³-hybridized carbons (Fsp3) is 0.750. The molecule has 0 aromatic heterocycles. The largest absolute Gasteiger partial charge is 0.461 e. The molecule has 0 N–H and O–H groups in total. The van der Waals surface area contributed by atoms with Crippen molar-refractivity contribution >= 4 is 11.9 Å². The van der Waals surface area contributed by atoms with Gasteiger partial charge in [0.1, 0.15) is 6.61 Å². The van der Waals surface area contributed by atoms with Crippen LogP contribution < -0.4 is 0 Å². The molecule has 0 bridgehead atoms. The highest BCUT2D eigenvalue weighted by Gasteiger charge is 2.16. The number of hydrogen-bond donors (Lipinski definition) is 0. The van der Waals surface area contributed by atoms with E-state index in [9.17, 15) is 9.59 Å². The topological polar surface area (TPSA) is 52.6 Å². The third-order valence-corrected chi connectivity index (χ3v) is 2.79. The van der Waals surface area contributed by atoms with Crippen LogP contribution in [0, 0.1) is 5.92 Å². The van der Waals surface area contributed by atoms with Crippen molar-refractivity contribution < 1.29 is 19.1 Å². The SMILES string of the molecule is CCCC=C(COC(=O)CC(C)C)C(=O)OC(C)CC. The average molecular weight is 284 g/mol. The Bertz CT molecular complexity index is 331. The lowest BCUT2D eigenvalue weighted by Gasteiger charge is -2.14. The first kappa shape index (κ1) is 18.7. The Labute approximate surface area is 122 Å². The van der Waals surface area contributed by atoms with E-state index < -0.39 is 0 Å². The van der Waals surface area contributed by atoms with E-state index in [1.165, 1.54) is 0 Å². The van der Waals surface area contributed by atoms with Crippen LogP contribution in [-0.4, -0.2) is 24.6 Å². The second-order valence-corrected chi connectivity index (χ2v) is 5.40. The van der Waals surface area contributed by atoms with Gasteiger partial charge in [-0.3, -0.25) is 4.79 Å². The minimum Gasteiger partial charge on any atom is -0.461 e. The molecule has 0 aromatic carbocycles. The number of unbranched alkanes of at least 4 members (excludes halogenated alkanes) is 1. The van der Waals surface area contributed by atoms with Crippen LogP contribution in [0.1, 0.15) is 60.3 Å². The van der Waals surface area contributed by atoms with Gasteiger partial charge in [0, 0.05) is 6.42 Å². The molecule has 4 heteroatoms. The number of hydrogen-bond acceptors (Lipinski definition) is 4. The lowest BCUT2D eigenvalue weighted by atomic mass is 10.1. The zero-order chi connectivity index (χ0) is 15.5. The summed E-state index contributed by atoms with van der Waals surface area (Å²) >= 11 is 0. The summed E-state index contributed by atoms with van der Waals surface area (Å²) in [6.07, 6.45) is 4.50. The fourth-order valence-electron chi connectivity index (χ4n) is 1.41. The molecular formula is C16H28O4. The maximum atomic E-state index is 12.0. The van der Waals surface area contributed by atoms with Gasteiger partial charge in [0.25, 0.3) is 0 Å². The normalized spacial score (nSPS) is 13.2. The van der Waals surface area contributed by atoms with E-state index in [1.807, 2.05) is 34.6 Å². The first-order valence-corrected chi connectivity index (χ1v) is 7.46. The molecule has 0 aromatic rings. The summed E-state index contributed by atoms with van der Waals surface area (Å²) < 4.78 is 10.4. The number of esters is 2. The third kappa shape index (κ3) is 8.73. The lowest BCUT2D eigenvalue weighted by molar-refractivity contribution is -0.147. The van der Waals surface area contributed by atoms with Crippen molar-refractivity contribution in [3.05, 3.63) is 11.6 Å². The zero-order valence-electron chi connectivity index (χ0n) is 13.4. The molecule has 0 aliphatic heterocycles. The van der Waals surface area contributed by atoms with Gasteiger partial charge in [-0.2, -0.15) is 0 Å². The second kappa shape index (κ2) is 10.5. The van der Waals surface area contributed by atoms with Crippen LogP contribution in [0.3, 0.4) is 0 Å². The number of ether oxygens (including phenoxy) is 2. The minimum absolute atomic E-state index is 0.000814. The smallest absolute Gasteiger partial charge is 0.337 e. The van der Waals surface area contributed by atoms with Gasteiger partial charge in [-0.25, -0.2) is 4.79 Å². The minimum atomic E-state index is -0.384. The Morgan fingerprint density at radius 3 is 2.30 bits per heavy atom. The molecule has 4 nitrogen and oxygen atoms in total. The van der Waals surface area contributed by atoms with Crippen molar-refractivity contribution in [3.63, 3.8) is 0 Å².